The molecule has 4 heteroatoms. The van der Waals surface area contributed by atoms with E-state index in [4.69, 9.17) is 0 Å². The van der Waals surface area contributed by atoms with E-state index in [9.17, 15) is 4.79 Å². The molecule has 0 aliphatic rings. The third-order valence-corrected chi connectivity index (χ3v) is 3.66. The van der Waals surface area contributed by atoms with Gasteiger partial charge in [0.2, 0.25) is 0 Å². The van der Waals surface area contributed by atoms with Gasteiger partial charge in [-0.1, -0.05) is 26.0 Å². The molecule has 20 heavy (non-hydrogen) atoms. The maximum Gasteiger partial charge on any atom is 0.253 e. The molecule has 4 nitrogen and oxygen atoms in total. The fraction of sp³-hybridized carbons (Fsp3) is 0.438. The van der Waals surface area contributed by atoms with Crippen molar-refractivity contribution in [2.75, 3.05) is 26.2 Å². The van der Waals surface area contributed by atoms with Crippen molar-refractivity contribution >= 4 is 16.8 Å². The van der Waals surface area contributed by atoms with E-state index in [1.807, 2.05) is 30.5 Å². The lowest BCUT2D eigenvalue weighted by atomic mass is 10.1. The minimum Gasteiger partial charge on any atom is -0.361 e. The molecular weight excluding hydrogens is 250 g/mol. The number of nitrogens with zero attached hydrogens (tertiary/aromatic N) is 1. The van der Waals surface area contributed by atoms with Crippen LogP contribution in [0.1, 0.15) is 30.6 Å². The van der Waals surface area contributed by atoms with E-state index in [0.717, 1.165) is 42.5 Å². The van der Waals surface area contributed by atoms with Crippen molar-refractivity contribution in [3.05, 3.63) is 36.0 Å². The monoisotopic (exact) mass is 273 g/mol. The zero-order valence-electron chi connectivity index (χ0n) is 12.3. The van der Waals surface area contributed by atoms with Crippen LogP contribution in [0.5, 0.6) is 0 Å². The van der Waals surface area contributed by atoms with E-state index in [2.05, 4.69) is 29.0 Å². The molecule has 0 atom stereocenters. The van der Waals surface area contributed by atoms with Crippen LogP contribution in [0, 0.1) is 0 Å². The van der Waals surface area contributed by atoms with Gasteiger partial charge in [-0.15, -0.1) is 0 Å². The second-order valence-corrected chi connectivity index (χ2v) is 4.88. The first-order chi connectivity index (χ1) is 9.76. The fourth-order valence-electron chi connectivity index (χ4n) is 2.41. The summed E-state index contributed by atoms with van der Waals surface area (Å²) in [6.07, 6.45) is 2.84. The molecule has 1 heterocycles. The van der Waals surface area contributed by atoms with Gasteiger partial charge in [0.25, 0.3) is 5.91 Å². The van der Waals surface area contributed by atoms with Gasteiger partial charge in [-0.3, -0.25) is 4.79 Å². The predicted molar refractivity (Wildman–Crippen MR) is 83.0 cm³/mol. The largest absolute Gasteiger partial charge is 0.361 e. The number of hydrogen-bond acceptors (Lipinski definition) is 2. The summed E-state index contributed by atoms with van der Waals surface area (Å²) in [5, 5.41) is 4.07. The van der Waals surface area contributed by atoms with Crippen LogP contribution in [0.25, 0.3) is 10.9 Å². The Hall–Kier alpha value is -1.81. The van der Waals surface area contributed by atoms with Gasteiger partial charge >= 0.3 is 0 Å². The standard InChI is InChI=1S/C16H23N3O/c1-3-19(4-2)12-6-10-18-16(20)14-8-5-7-13-9-11-17-15(13)14/h5,7-9,11,17H,3-4,6,10,12H2,1-2H3,(H,18,20). The molecule has 0 aliphatic carbocycles. The second kappa shape index (κ2) is 7.10. The van der Waals surface area contributed by atoms with Crippen LogP contribution >= 0.6 is 0 Å². The first-order valence-electron chi connectivity index (χ1n) is 7.33. The first-order valence-corrected chi connectivity index (χ1v) is 7.33. The Labute approximate surface area is 120 Å². The van der Waals surface area contributed by atoms with E-state index in [1.54, 1.807) is 0 Å². The van der Waals surface area contributed by atoms with Crippen molar-refractivity contribution in [1.82, 2.24) is 15.2 Å². The number of H-pyrrole nitrogens is 1. The highest BCUT2D eigenvalue weighted by atomic mass is 16.1. The zero-order valence-corrected chi connectivity index (χ0v) is 12.3. The Morgan fingerprint density at radius 1 is 1.25 bits per heavy atom. The smallest absolute Gasteiger partial charge is 0.253 e. The van der Waals surface area contributed by atoms with Gasteiger partial charge < -0.3 is 15.2 Å². The van der Waals surface area contributed by atoms with Crippen molar-refractivity contribution in [2.45, 2.75) is 20.3 Å². The van der Waals surface area contributed by atoms with Gasteiger partial charge in [-0.2, -0.15) is 0 Å². The molecule has 0 saturated heterocycles. The number of benzene rings is 1. The molecule has 2 N–H and O–H groups in total. The summed E-state index contributed by atoms with van der Waals surface area (Å²) >= 11 is 0. The number of aromatic nitrogens is 1. The zero-order chi connectivity index (χ0) is 14.4. The lowest BCUT2D eigenvalue weighted by molar-refractivity contribution is 0.0953. The van der Waals surface area contributed by atoms with Gasteiger partial charge in [0.1, 0.15) is 0 Å². The summed E-state index contributed by atoms with van der Waals surface area (Å²) in [7, 11) is 0. The molecule has 1 aromatic carbocycles. The second-order valence-electron chi connectivity index (χ2n) is 4.88. The lowest BCUT2D eigenvalue weighted by Gasteiger charge is -2.17. The average molecular weight is 273 g/mol. The summed E-state index contributed by atoms with van der Waals surface area (Å²) in [5.74, 6) is -0.00223. The Kier molecular flexibility index (Phi) is 5.18. The van der Waals surface area contributed by atoms with Crippen LogP contribution < -0.4 is 5.32 Å². The van der Waals surface area contributed by atoms with Crippen LogP contribution in [-0.4, -0.2) is 42.0 Å². The maximum absolute atomic E-state index is 12.2. The van der Waals surface area contributed by atoms with E-state index < -0.39 is 0 Å². The Balaban J connectivity index is 1.88. The van der Waals surface area contributed by atoms with Crippen molar-refractivity contribution in [3.63, 3.8) is 0 Å². The van der Waals surface area contributed by atoms with Crippen molar-refractivity contribution in [1.29, 1.82) is 0 Å². The number of hydrogen-bond donors (Lipinski definition) is 2. The van der Waals surface area contributed by atoms with Gasteiger partial charge in [-0.05, 0) is 38.2 Å². The molecule has 108 valence electrons. The third kappa shape index (κ3) is 3.39. The number of aromatic amines is 1. The molecule has 2 rings (SSSR count). The van der Waals surface area contributed by atoms with E-state index >= 15 is 0 Å². The molecule has 1 amide bonds. The van der Waals surface area contributed by atoms with E-state index in [-0.39, 0.29) is 5.91 Å². The number of carbonyl (C=O) groups excluding carboxylic acids is 1. The average Bonchev–Trinajstić information content (AvgIpc) is 2.95. The van der Waals surface area contributed by atoms with Gasteiger partial charge in [-0.25, -0.2) is 0 Å². The van der Waals surface area contributed by atoms with Crippen LogP contribution in [0.15, 0.2) is 30.5 Å². The van der Waals surface area contributed by atoms with Gasteiger partial charge in [0.15, 0.2) is 0 Å². The van der Waals surface area contributed by atoms with Crippen molar-refractivity contribution in [2.24, 2.45) is 0 Å². The Bertz CT molecular complexity index is 558. The SMILES string of the molecule is CCN(CC)CCCNC(=O)c1cccc2cc[nH]c12. The van der Waals surface area contributed by atoms with Gasteiger partial charge in [0.05, 0.1) is 11.1 Å². The number of para-hydroxylation sites is 1. The number of amides is 1. The minimum atomic E-state index is -0.00223. The Morgan fingerprint density at radius 2 is 2.05 bits per heavy atom. The highest BCUT2D eigenvalue weighted by Gasteiger charge is 2.09. The van der Waals surface area contributed by atoms with E-state index in [1.165, 1.54) is 0 Å². The number of nitrogens with one attached hydrogen (secondary N) is 2. The van der Waals surface area contributed by atoms with Crippen LogP contribution in [0.4, 0.5) is 0 Å². The van der Waals surface area contributed by atoms with Crippen molar-refractivity contribution < 1.29 is 4.79 Å². The topological polar surface area (TPSA) is 48.1 Å². The molecule has 0 unspecified atom stereocenters. The van der Waals surface area contributed by atoms with Crippen LogP contribution in [0.2, 0.25) is 0 Å². The summed E-state index contributed by atoms with van der Waals surface area (Å²) in [6, 6.07) is 7.76. The summed E-state index contributed by atoms with van der Waals surface area (Å²) in [4.78, 5) is 17.7. The summed E-state index contributed by atoms with van der Waals surface area (Å²) in [6.45, 7) is 8.19. The normalized spacial score (nSPS) is 11.2. The molecule has 0 aliphatic heterocycles. The minimum absolute atomic E-state index is 0.00223. The number of fused-ring (bicyclic) bond motifs is 1. The molecule has 0 fully saturated rings. The molecular formula is C16H23N3O. The van der Waals surface area contributed by atoms with Crippen LogP contribution in [-0.2, 0) is 0 Å². The molecule has 1 aromatic heterocycles. The number of carbonyl (C=O) groups is 1. The molecule has 0 radical (unpaired) electrons. The molecule has 0 saturated carbocycles. The highest BCUT2D eigenvalue weighted by molar-refractivity contribution is 6.05. The highest BCUT2D eigenvalue weighted by Crippen LogP contribution is 2.16. The summed E-state index contributed by atoms with van der Waals surface area (Å²) < 4.78 is 0. The first kappa shape index (κ1) is 14.6. The molecule has 0 bridgehead atoms. The number of rotatable bonds is 7. The fourth-order valence-corrected chi connectivity index (χ4v) is 2.41. The molecule has 2 aromatic rings. The molecule has 0 spiro atoms. The Morgan fingerprint density at radius 3 is 2.80 bits per heavy atom. The lowest BCUT2D eigenvalue weighted by Crippen LogP contribution is -2.30. The van der Waals surface area contributed by atoms with Crippen molar-refractivity contribution in [3.8, 4) is 0 Å². The third-order valence-electron chi connectivity index (χ3n) is 3.66. The quantitative estimate of drug-likeness (QED) is 0.762. The van der Waals surface area contributed by atoms with Gasteiger partial charge in [0, 0.05) is 18.1 Å². The van der Waals surface area contributed by atoms with E-state index in [0.29, 0.717) is 6.54 Å². The predicted octanol–water partition coefficient (Wildman–Crippen LogP) is 2.63. The maximum atomic E-state index is 12.2. The summed E-state index contributed by atoms with van der Waals surface area (Å²) in [5.41, 5.74) is 1.63. The van der Waals surface area contributed by atoms with Crippen LogP contribution in [0.3, 0.4) is 0 Å².